The topological polar surface area (TPSA) is 52.7 Å². The summed E-state index contributed by atoms with van der Waals surface area (Å²) in [6, 6.07) is 15.8. The lowest BCUT2D eigenvalue weighted by Gasteiger charge is -2.36. The van der Waals surface area contributed by atoms with Gasteiger partial charge in [0, 0.05) is 45.0 Å². The highest BCUT2D eigenvalue weighted by atomic mass is 32.2. The second-order valence-corrected chi connectivity index (χ2v) is 8.57. The van der Waals surface area contributed by atoms with Crippen LogP contribution in [-0.2, 0) is 10.0 Å². The normalized spacial score (nSPS) is 16.0. The fraction of sp³-hybridized carbons (Fsp3) is 0.400. The Hall–Kier alpha value is -1.89. The van der Waals surface area contributed by atoms with Gasteiger partial charge in [0.25, 0.3) is 0 Å². The summed E-state index contributed by atoms with van der Waals surface area (Å²) in [5.74, 6) is 0. The van der Waals surface area contributed by atoms with Gasteiger partial charge in [-0.3, -0.25) is 4.90 Å². The maximum atomic E-state index is 12.5. The van der Waals surface area contributed by atoms with E-state index in [1.54, 1.807) is 6.07 Å². The van der Waals surface area contributed by atoms with E-state index >= 15 is 0 Å². The van der Waals surface area contributed by atoms with Crippen LogP contribution in [0.3, 0.4) is 0 Å². The molecule has 1 fully saturated rings. The number of sulfonamides is 1. The summed E-state index contributed by atoms with van der Waals surface area (Å²) in [4.78, 5) is 5.05. The third-order valence-electron chi connectivity index (χ3n) is 4.83. The van der Waals surface area contributed by atoms with Crippen molar-refractivity contribution in [1.82, 2.24) is 9.62 Å². The minimum absolute atomic E-state index is 0.372. The van der Waals surface area contributed by atoms with Crippen molar-refractivity contribution >= 4 is 15.7 Å². The monoisotopic (exact) mass is 373 g/mol. The van der Waals surface area contributed by atoms with E-state index in [1.165, 1.54) is 5.69 Å². The van der Waals surface area contributed by atoms with Gasteiger partial charge in [0.05, 0.1) is 4.90 Å². The van der Waals surface area contributed by atoms with E-state index in [1.807, 2.05) is 32.0 Å². The Balaban J connectivity index is 1.48. The van der Waals surface area contributed by atoms with E-state index in [2.05, 4.69) is 38.8 Å². The molecule has 2 aromatic carbocycles. The van der Waals surface area contributed by atoms with Crippen molar-refractivity contribution in [3.63, 3.8) is 0 Å². The smallest absolute Gasteiger partial charge is 0.240 e. The van der Waals surface area contributed by atoms with Crippen LogP contribution in [0.4, 0.5) is 5.69 Å². The highest BCUT2D eigenvalue weighted by Crippen LogP contribution is 2.17. The number of hydrogen-bond acceptors (Lipinski definition) is 4. The predicted octanol–water partition coefficient (Wildman–Crippen LogP) is 2.40. The number of aryl methyl sites for hydroxylation is 2. The van der Waals surface area contributed by atoms with Crippen LogP contribution in [0.25, 0.3) is 0 Å². The summed E-state index contributed by atoms with van der Waals surface area (Å²) in [6.07, 6.45) is 0. The van der Waals surface area contributed by atoms with Crippen LogP contribution in [0.1, 0.15) is 11.1 Å². The van der Waals surface area contributed by atoms with Gasteiger partial charge in [0.15, 0.2) is 0 Å². The van der Waals surface area contributed by atoms with Crippen molar-refractivity contribution in [2.24, 2.45) is 0 Å². The van der Waals surface area contributed by atoms with Gasteiger partial charge in [-0.2, -0.15) is 0 Å². The zero-order valence-corrected chi connectivity index (χ0v) is 16.3. The first kappa shape index (κ1) is 18.9. The summed E-state index contributed by atoms with van der Waals surface area (Å²) < 4.78 is 27.8. The van der Waals surface area contributed by atoms with Crippen LogP contribution >= 0.6 is 0 Å². The molecule has 1 saturated heterocycles. The molecule has 0 bridgehead atoms. The Labute approximate surface area is 156 Å². The fourth-order valence-electron chi connectivity index (χ4n) is 3.39. The highest BCUT2D eigenvalue weighted by molar-refractivity contribution is 7.89. The SMILES string of the molecule is Cc1ccc(S(=O)(=O)NCCN2CCN(c3ccccc3)CC2)c(C)c1. The van der Waals surface area contributed by atoms with Gasteiger partial charge >= 0.3 is 0 Å². The number of nitrogens with zero attached hydrogens (tertiary/aromatic N) is 2. The van der Waals surface area contributed by atoms with Crippen LogP contribution in [0.15, 0.2) is 53.4 Å². The number of hydrogen-bond donors (Lipinski definition) is 1. The first-order chi connectivity index (χ1) is 12.5. The molecular weight excluding hydrogens is 346 g/mol. The molecule has 1 N–H and O–H groups in total. The average Bonchev–Trinajstić information content (AvgIpc) is 2.62. The molecule has 0 aromatic heterocycles. The van der Waals surface area contributed by atoms with E-state index in [9.17, 15) is 8.42 Å². The molecule has 6 heteroatoms. The second kappa shape index (κ2) is 8.20. The fourth-order valence-corrected chi connectivity index (χ4v) is 4.63. The van der Waals surface area contributed by atoms with Gasteiger partial charge in [-0.25, -0.2) is 13.1 Å². The van der Waals surface area contributed by atoms with Gasteiger partial charge < -0.3 is 4.90 Å². The van der Waals surface area contributed by atoms with E-state index < -0.39 is 10.0 Å². The minimum Gasteiger partial charge on any atom is -0.369 e. The molecule has 0 amide bonds. The van der Waals surface area contributed by atoms with Gasteiger partial charge in [0.2, 0.25) is 10.0 Å². The number of para-hydroxylation sites is 1. The maximum Gasteiger partial charge on any atom is 0.240 e. The molecular formula is C20H27N3O2S. The predicted molar refractivity (Wildman–Crippen MR) is 106 cm³/mol. The van der Waals surface area contributed by atoms with Crippen LogP contribution in [0.5, 0.6) is 0 Å². The maximum absolute atomic E-state index is 12.5. The van der Waals surface area contributed by atoms with E-state index in [-0.39, 0.29) is 0 Å². The van der Waals surface area contributed by atoms with Gasteiger partial charge in [-0.05, 0) is 37.6 Å². The van der Waals surface area contributed by atoms with Crippen molar-refractivity contribution in [1.29, 1.82) is 0 Å². The summed E-state index contributed by atoms with van der Waals surface area (Å²) >= 11 is 0. The molecule has 0 aliphatic carbocycles. The van der Waals surface area contributed by atoms with E-state index in [0.717, 1.165) is 43.9 Å². The van der Waals surface area contributed by atoms with Crippen molar-refractivity contribution in [2.45, 2.75) is 18.7 Å². The van der Waals surface area contributed by atoms with Crippen LogP contribution in [-0.4, -0.2) is 52.6 Å². The summed E-state index contributed by atoms with van der Waals surface area (Å²) in [6.45, 7) is 8.78. The molecule has 0 saturated carbocycles. The minimum atomic E-state index is -3.45. The molecule has 0 unspecified atom stereocenters. The quantitative estimate of drug-likeness (QED) is 0.845. The standard InChI is InChI=1S/C20H27N3O2S/c1-17-8-9-20(18(2)16-17)26(24,25)21-10-11-22-12-14-23(15-13-22)19-6-4-3-5-7-19/h3-9,16,21H,10-15H2,1-2H3. The van der Waals surface area contributed by atoms with E-state index in [4.69, 9.17) is 0 Å². The Kier molecular flexibility index (Phi) is 5.96. The molecule has 26 heavy (non-hydrogen) atoms. The van der Waals surface area contributed by atoms with Crippen molar-refractivity contribution in [3.8, 4) is 0 Å². The average molecular weight is 374 g/mol. The molecule has 0 atom stereocenters. The largest absolute Gasteiger partial charge is 0.369 e. The summed E-state index contributed by atoms with van der Waals surface area (Å²) in [5.41, 5.74) is 3.11. The van der Waals surface area contributed by atoms with Crippen molar-refractivity contribution in [3.05, 3.63) is 59.7 Å². The molecule has 0 radical (unpaired) electrons. The molecule has 140 valence electrons. The molecule has 0 spiro atoms. The molecule has 3 rings (SSSR count). The zero-order chi connectivity index (χ0) is 18.6. The lowest BCUT2D eigenvalue weighted by Crippen LogP contribution is -2.48. The molecule has 5 nitrogen and oxygen atoms in total. The lowest BCUT2D eigenvalue weighted by molar-refractivity contribution is 0.262. The summed E-state index contributed by atoms with van der Waals surface area (Å²) in [5, 5.41) is 0. The number of rotatable bonds is 6. The number of piperazine rings is 1. The Morgan fingerprint density at radius 2 is 1.65 bits per heavy atom. The molecule has 1 aliphatic rings. The second-order valence-electron chi connectivity index (χ2n) is 6.83. The molecule has 2 aromatic rings. The van der Waals surface area contributed by atoms with Gasteiger partial charge in [0.1, 0.15) is 0 Å². The first-order valence-electron chi connectivity index (χ1n) is 9.05. The lowest BCUT2D eigenvalue weighted by atomic mass is 10.2. The molecule has 1 heterocycles. The van der Waals surface area contributed by atoms with Crippen molar-refractivity contribution < 1.29 is 8.42 Å². The van der Waals surface area contributed by atoms with Crippen molar-refractivity contribution in [2.75, 3.05) is 44.2 Å². The summed E-state index contributed by atoms with van der Waals surface area (Å²) in [7, 11) is -3.45. The third-order valence-corrected chi connectivity index (χ3v) is 6.45. The van der Waals surface area contributed by atoms with E-state index in [0.29, 0.717) is 11.4 Å². The van der Waals surface area contributed by atoms with Gasteiger partial charge in [-0.1, -0.05) is 35.9 Å². The zero-order valence-electron chi connectivity index (χ0n) is 15.5. The highest BCUT2D eigenvalue weighted by Gasteiger charge is 2.19. The Bertz CT molecular complexity index is 829. The Morgan fingerprint density at radius 3 is 2.31 bits per heavy atom. The van der Waals surface area contributed by atoms with Gasteiger partial charge in [-0.15, -0.1) is 0 Å². The third kappa shape index (κ3) is 4.63. The van der Waals surface area contributed by atoms with Crippen LogP contribution in [0, 0.1) is 13.8 Å². The first-order valence-corrected chi connectivity index (χ1v) is 10.5. The van der Waals surface area contributed by atoms with Crippen LogP contribution in [0.2, 0.25) is 0 Å². The molecule has 1 aliphatic heterocycles. The number of benzene rings is 2. The van der Waals surface area contributed by atoms with Crippen LogP contribution < -0.4 is 9.62 Å². The number of nitrogens with one attached hydrogen (secondary N) is 1. The number of anilines is 1. The Morgan fingerprint density at radius 1 is 0.962 bits per heavy atom.